The maximum absolute atomic E-state index is 3.68. The molecule has 1 heteroatoms. The lowest BCUT2D eigenvalue weighted by Crippen LogP contribution is -2.38. The number of nitrogens with one attached hydrogen (secondary N) is 1. The first-order valence-electron chi connectivity index (χ1n) is 6.98. The van der Waals surface area contributed by atoms with Crippen molar-refractivity contribution in [1.82, 2.24) is 5.32 Å². The van der Waals surface area contributed by atoms with Gasteiger partial charge >= 0.3 is 0 Å². The fraction of sp³-hybridized carbons (Fsp3) is 1.00. The van der Waals surface area contributed by atoms with E-state index in [1.807, 2.05) is 0 Å². The molecule has 0 bridgehead atoms. The molecule has 2 aliphatic carbocycles. The Morgan fingerprint density at radius 3 is 2.12 bits per heavy atom. The first-order valence-corrected chi connectivity index (χ1v) is 6.98. The van der Waals surface area contributed by atoms with Crippen molar-refractivity contribution in [3.05, 3.63) is 0 Å². The first kappa shape index (κ1) is 12.4. The minimum atomic E-state index is 0.289. The summed E-state index contributed by atoms with van der Waals surface area (Å²) in [7, 11) is 0. The van der Waals surface area contributed by atoms with Gasteiger partial charge in [0.15, 0.2) is 0 Å². The van der Waals surface area contributed by atoms with Crippen molar-refractivity contribution in [1.29, 1.82) is 0 Å². The molecule has 2 rings (SSSR count). The summed E-state index contributed by atoms with van der Waals surface area (Å²) in [6.07, 6.45) is 7.34. The minimum absolute atomic E-state index is 0.289. The van der Waals surface area contributed by atoms with Gasteiger partial charge in [-0.3, -0.25) is 0 Å². The Morgan fingerprint density at radius 1 is 1.06 bits per heavy atom. The van der Waals surface area contributed by atoms with E-state index in [0.29, 0.717) is 5.41 Å². The van der Waals surface area contributed by atoms with Gasteiger partial charge in [0.2, 0.25) is 0 Å². The fourth-order valence-electron chi connectivity index (χ4n) is 3.19. The maximum atomic E-state index is 3.68. The molecule has 2 fully saturated rings. The highest BCUT2D eigenvalue weighted by Crippen LogP contribution is 2.63. The molecule has 16 heavy (non-hydrogen) atoms. The van der Waals surface area contributed by atoms with Crippen molar-refractivity contribution in [3.8, 4) is 0 Å². The van der Waals surface area contributed by atoms with Crippen LogP contribution in [-0.4, -0.2) is 12.1 Å². The molecule has 1 spiro atoms. The second kappa shape index (κ2) is 3.73. The SMILES string of the molecule is CC1(C)CCC2(CC1)CC2CNC(C)(C)C. The van der Waals surface area contributed by atoms with Gasteiger partial charge in [-0.25, -0.2) is 0 Å². The normalized spacial score (nSPS) is 31.7. The highest BCUT2D eigenvalue weighted by molar-refractivity contribution is 5.06. The summed E-state index contributed by atoms with van der Waals surface area (Å²) >= 11 is 0. The molecular weight excluding hydrogens is 194 g/mol. The molecule has 2 saturated carbocycles. The van der Waals surface area contributed by atoms with Crippen LogP contribution in [0.25, 0.3) is 0 Å². The lowest BCUT2D eigenvalue weighted by molar-refractivity contribution is 0.164. The van der Waals surface area contributed by atoms with Gasteiger partial charge in [-0.15, -0.1) is 0 Å². The Balaban J connectivity index is 1.78. The Kier molecular flexibility index (Phi) is 2.89. The van der Waals surface area contributed by atoms with Crippen molar-refractivity contribution in [2.75, 3.05) is 6.54 Å². The molecule has 0 aliphatic heterocycles. The average molecular weight is 223 g/mol. The third kappa shape index (κ3) is 2.80. The van der Waals surface area contributed by atoms with Gasteiger partial charge in [-0.05, 0) is 76.2 Å². The Bertz CT molecular complexity index is 249. The lowest BCUT2D eigenvalue weighted by atomic mass is 9.71. The lowest BCUT2D eigenvalue weighted by Gasteiger charge is -2.35. The standard InChI is InChI=1S/C15H29N/c1-13(2,3)16-11-12-10-15(12)8-6-14(4,5)7-9-15/h12,16H,6-11H2,1-5H3. The van der Waals surface area contributed by atoms with Crippen molar-refractivity contribution >= 4 is 0 Å². The summed E-state index contributed by atoms with van der Waals surface area (Å²) in [5, 5.41) is 3.68. The van der Waals surface area contributed by atoms with E-state index in [9.17, 15) is 0 Å². The van der Waals surface area contributed by atoms with Gasteiger partial charge in [0.1, 0.15) is 0 Å². The summed E-state index contributed by atoms with van der Waals surface area (Å²) < 4.78 is 0. The van der Waals surface area contributed by atoms with Gasteiger partial charge in [-0.2, -0.15) is 0 Å². The van der Waals surface area contributed by atoms with Gasteiger partial charge in [-0.1, -0.05) is 13.8 Å². The van der Waals surface area contributed by atoms with Gasteiger partial charge in [0.05, 0.1) is 0 Å². The van der Waals surface area contributed by atoms with E-state index in [-0.39, 0.29) is 5.54 Å². The second-order valence-corrected chi connectivity index (χ2v) is 8.06. The minimum Gasteiger partial charge on any atom is -0.312 e. The average Bonchev–Trinajstić information content (AvgIpc) is 2.82. The van der Waals surface area contributed by atoms with Crippen LogP contribution in [0.4, 0.5) is 0 Å². The molecule has 1 N–H and O–H groups in total. The van der Waals surface area contributed by atoms with E-state index < -0.39 is 0 Å². The first-order chi connectivity index (χ1) is 7.23. The molecule has 0 aromatic rings. The number of hydrogen-bond donors (Lipinski definition) is 1. The fourth-order valence-corrected chi connectivity index (χ4v) is 3.19. The quantitative estimate of drug-likeness (QED) is 0.746. The van der Waals surface area contributed by atoms with E-state index in [0.717, 1.165) is 11.3 Å². The van der Waals surface area contributed by atoms with Crippen LogP contribution < -0.4 is 5.32 Å². The second-order valence-electron chi connectivity index (χ2n) is 8.06. The summed E-state index contributed by atoms with van der Waals surface area (Å²) in [5.41, 5.74) is 1.67. The monoisotopic (exact) mass is 223 g/mol. The molecule has 2 aliphatic rings. The molecule has 0 saturated heterocycles. The maximum Gasteiger partial charge on any atom is 0.00966 e. The van der Waals surface area contributed by atoms with Crippen molar-refractivity contribution in [2.45, 2.75) is 72.3 Å². The molecule has 1 unspecified atom stereocenters. The van der Waals surface area contributed by atoms with Crippen molar-refractivity contribution in [3.63, 3.8) is 0 Å². The van der Waals surface area contributed by atoms with Crippen LogP contribution in [0.1, 0.15) is 66.7 Å². The molecule has 0 amide bonds. The third-order valence-electron chi connectivity index (χ3n) is 4.84. The Hall–Kier alpha value is -0.0400. The van der Waals surface area contributed by atoms with E-state index in [1.165, 1.54) is 38.6 Å². The molecule has 94 valence electrons. The smallest absolute Gasteiger partial charge is 0.00966 e. The van der Waals surface area contributed by atoms with Gasteiger partial charge in [0, 0.05) is 5.54 Å². The van der Waals surface area contributed by atoms with Gasteiger partial charge in [0.25, 0.3) is 0 Å². The molecular formula is C15H29N. The predicted octanol–water partition coefficient (Wildman–Crippen LogP) is 3.98. The molecule has 0 heterocycles. The Labute approximate surface area is 101 Å². The van der Waals surface area contributed by atoms with Crippen molar-refractivity contribution in [2.24, 2.45) is 16.7 Å². The van der Waals surface area contributed by atoms with Crippen LogP contribution in [0.3, 0.4) is 0 Å². The summed E-state index contributed by atoms with van der Waals surface area (Å²) in [6.45, 7) is 12.9. The molecule has 0 radical (unpaired) electrons. The zero-order valence-corrected chi connectivity index (χ0v) is 11.8. The van der Waals surface area contributed by atoms with Crippen LogP contribution in [0, 0.1) is 16.7 Å². The molecule has 0 aromatic carbocycles. The summed E-state index contributed by atoms with van der Waals surface area (Å²) in [6, 6.07) is 0. The highest BCUT2D eigenvalue weighted by Gasteiger charge is 2.55. The van der Waals surface area contributed by atoms with Gasteiger partial charge < -0.3 is 5.32 Å². The zero-order chi connectivity index (χ0) is 12.0. The number of hydrogen-bond acceptors (Lipinski definition) is 1. The highest BCUT2D eigenvalue weighted by atomic mass is 15.0. The summed E-state index contributed by atoms with van der Waals surface area (Å²) in [5.74, 6) is 0.975. The van der Waals surface area contributed by atoms with E-state index in [4.69, 9.17) is 0 Å². The van der Waals surface area contributed by atoms with Crippen LogP contribution in [0.2, 0.25) is 0 Å². The topological polar surface area (TPSA) is 12.0 Å². The van der Waals surface area contributed by atoms with Crippen LogP contribution in [0.5, 0.6) is 0 Å². The zero-order valence-electron chi connectivity index (χ0n) is 11.8. The van der Waals surface area contributed by atoms with Crippen LogP contribution >= 0.6 is 0 Å². The van der Waals surface area contributed by atoms with E-state index in [2.05, 4.69) is 39.9 Å². The molecule has 1 nitrogen and oxygen atoms in total. The Morgan fingerprint density at radius 2 is 1.62 bits per heavy atom. The summed E-state index contributed by atoms with van der Waals surface area (Å²) in [4.78, 5) is 0. The number of rotatable bonds is 2. The van der Waals surface area contributed by atoms with Crippen LogP contribution in [-0.2, 0) is 0 Å². The molecule has 0 aromatic heterocycles. The van der Waals surface area contributed by atoms with Crippen molar-refractivity contribution < 1.29 is 0 Å². The van der Waals surface area contributed by atoms with Crippen LogP contribution in [0.15, 0.2) is 0 Å². The van der Waals surface area contributed by atoms with E-state index >= 15 is 0 Å². The molecule has 1 atom stereocenters. The largest absolute Gasteiger partial charge is 0.312 e. The third-order valence-corrected chi connectivity index (χ3v) is 4.84. The predicted molar refractivity (Wildman–Crippen MR) is 70.5 cm³/mol. The van der Waals surface area contributed by atoms with E-state index in [1.54, 1.807) is 0 Å².